The number of methoxy groups -OCH3 is 1. The van der Waals surface area contributed by atoms with Crippen LogP contribution in [0.5, 0.6) is 5.75 Å². The zero-order valence-corrected chi connectivity index (χ0v) is 11.3. The van der Waals surface area contributed by atoms with Gasteiger partial charge < -0.3 is 14.2 Å². The van der Waals surface area contributed by atoms with Gasteiger partial charge in [0.15, 0.2) is 0 Å². The minimum Gasteiger partial charge on any atom is -0.497 e. The summed E-state index contributed by atoms with van der Waals surface area (Å²) in [6.45, 7) is 0. The number of hydrogen-bond acceptors (Lipinski definition) is 2. The number of nitrogens with zero attached hydrogens (tertiary/aromatic N) is 2. The van der Waals surface area contributed by atoms with Crippen LogP contribution in [0.4, 0.5) is 0 Å². The van der Waals surface area contributed by atoms with Crippen LogP contribution in [0.1, 0.15) is 18.9 Å². The van der Waals surface area contributed by atoms with E-state index >= 15 is 0 Å². The van der Waals surface area contributed by atoms with Crippen molar-refractivity contribution in [1.29, 1.82) is 0 Å². The Morgan fingerprint density at radius 1 is 1.22 bits per heavy atom. The molecule has 96 valence electrons. The van der Waals surface area contributed by atoms with Crippen LogP contribution >= 0.6 is 0 Å². The Hall–Kier alpha value is -1.48. The Kier molecular flexibility index (Phi) is 2.78. The summed E-state index contributed by atoms with van der Waals surface area (Å²) in [7, 11) is 6.06. The van der Waals surface area contributed by atoms with E-state index in [9.17, 15) is 0 Å². The van der Waals surface area contributed by atoms with Gasteiger partial charge in [0.1, 0.15) is 5.75 Å². The van der Waals surface area contributed by atoms with Crippen molar-refractivity contribution in [2.75, 3.05) is 21.2 Å². The van der Waals surface area contributed by atoms with Crippen molar-refractivity contribution < 1.29 is 4.74 Å². The van der Waals surface area contributed by atoms with Gasteiger partial charge in [0.2, 0.25) is 0 Å². The van der Waals surface area contributed by atoms with Crippen LogP contribution in [-0.4, -0.2) is 36.7 Å². The molecule has 0 bridgehead atoms. The van der Waals surface area contributed by atoms with E-state index in [2.05, 4.69) is 48.0 Å². The molecule has 1 aliphatic rings. The van der Waals surface area contributed by atoms with E-state index in [0.29, 0.717) is 12.1 Å². The lowest BCUT2D eigenvalue weighted by Crippen LogP contribution is -2.43. The average Bonchev–Trinajstić information content (AvgIpc) is 2.70. The molecule has 0 amide bonds. The molecule has 1 saturated carbocycles. The van der Waals surface area contributed by atoms with Gasteiger partial charge in [-0.15, -0.1) is 0 Å². The fraction of sp³-hybridized carbons (Fsp3) is 0.467. The van der Waals surface area contributed by atoms with Crippen LogP contribution in [-0.2, 0) is 0 Å². The van der Waals surface area contributed by atoms with Crippen molar-refractivity contribution >= 4 is 10.9 Å². The van der Waals surface area contributed by atoms with E-state index in [-0.39, 0.29) is 0 Å². The first-order valence-electron chi connectivity index (χ1n) is 6.51. The molecule has 3 heteroatoms. The lowest BCUT2D eigenvalue weighted by Gasteiger charge is -2.42. The van der Waals surface area contributed by atoms with Crippen LogP contribution in [0.3, 0.4) is 0 Å². The van der Waals surface area contributed by atoms with Crippen molar-refractivity contribution in [2.24, 2.45) is 0 Å². The number of aromatic nitrogens is 1. The van der Waals surface area contributed by atoms with Gasteiger partial charge in [-0.2, -0.15) is 0 Å². The Labute approximate surface area is 108 Å². The molecule has 2 atom stereocenters. The normalized spacial score (nSPS) is 23.3. The summed E-state index contributed by atoms with van der Waals surface area (Å²) in [6.07, 6.45) is 4.79. The first-order chi connectivity index (χ1) is 8.70. The molecular formula is C15H20N2O. The second-order valence-electron chi connectivity index (χ2n) is 5.32. The average molecular weight is 244 g/mol. The van der Waals surface area contributed by atoms with E-state index in [1.165, 1.54) is 23.7 Å². The fourth-order valence-corrected chi connectivity index (χ4v) is 2.95. The molecule has 0 aliphatic heterocycles. The van der Waals surface area contributed by atoms with Crippen molar-refractivity contribution in [3.05, 3.63) is 30.5 Å². The minimum absolute atomic E-state index is 0.617. The summed E-state index contributed by atoms with van der Waals surface area (Å²) in [5, 5.41) is 1.26. The Morgan fingerprint density at radius 3 is 2.67 bits per heavy atom. The molecule has 0 saturated heterocycles. The smallest absolute Gasteiger partial charge is 0.119 e. The summed E-state index contributed by atoms with van der Waals surface area (Å²) < 4.78 is 7.69. The van der Waals surface area contributed by atoms with Crippen LogP contribution in [0.25, 0.3) is 10.9 Å². The van der Waals surface area contributed by atoms with Crippen LogP contribution in [0, 0.1) is 0 Å². The third kappa shape index (κ3) is 1.70. The summed E-state index contributed by atoms with van der Waals surface area (Å²) in [6, 6.07) is 9.79. The molecule has 1 unspecified atom stereocenters. The molecule has 1 aromatic carbocycles. The van der Waals surface area contributed by atoms with Crippen molar-refractivity contribution in [1.82, 2.24) is 9.47 Å². The standard InChI is InChI=1S/C15H20N2O/c1-16(2)14-6-7-15(14)17-9-8-11-10-12(18-3)4-5-13(11)17/h4-5,8-10,14-15H,6-7H2,1-3H3/t14-,15?/m0/s1. The van der Waals surface area contributed by atoms with Crippen molar-refractivity contribution in [2.45, 2.75) is 24.9 Å². The van der Waals surface area contributed by atoms with Gasteiger partial charge >= 0.3 is 0 Å². The minimum atomic E-state index is 0.617. The van der Waals surface area contributed by atoms with Crippen molar-refractivity contribution in [3.8, 4) is 5.75 Å². The number of ether oxygens (including phenoxy) is 1. The van der Waals surface area contributed by atoms with E-state index in [0.717, 1.165) is 5.75 Å². The molecule has 1 fully saturated rings. The van der Waals surface area contributed by atoms with Gasteiger partial charge in [-0.05, 0) is 51.2 Å². The molecule has 0 spiro atoms. The Morgan fingerprint density at radius 2 is 2.06 bits per heavy atom. The molecule has 3 rings (SSSR count). The Bertz CT molecular complexity index is 559. The Balaban J connectivity index is 1.98. The van der Waals surface area contributed by atoms with Crippen LogP contribution in [0.2, 0.25) is 0 Å². The molecule has 3 nitrogen and oxygen atoms in total. The highest BCUT2D eigenvalue weighted by Gasteiger charge is 2.34. The van der Waals surface area contributed by atoms with Crippen LogP contribution in [0.15, 0.2) is 30.5 Å². The van der Waals surface area contributed by atoms with E-state index in [1.54, 1.807) is 7.11 Å². The maximum absolute atomic E-state index is 5.27. The van der Waals surface area contributed by atoms with Crippen LogP contribution < -0.4 is 4.74 Å². The summed E-state index contributed by atoms with van der Waals surface area (Å²) in [5.41, 5.74) is 1.31. The van der Waals surface area contributed by atoms with Gasteiger partial charge in [0, 0.05) is 29.2 Å². The molecule has 2 aromatic rings. The zero-order valence-electron chi connectivity index (χ0n) is 11.3. The molecular weight excluding hydrogens is 224 g/mol. The number of likely N-dealkylation sites (N-methyl/N-ethyl adjacent to an activating group) is 1. The molecule has 0 N–H and O–H groups in total. The molecule has 1 heterocycles. The van der Waals surface area contributed by atoms with Gasteiger partial charge in [-0.1, -0.05) is 0 Å². The van der Waals surface area contributed by atoms with E-state index in [1.807, 2.05) is 6.07 Å². The summed E-state index contributed by atoms with van der Waals surface area (Å²) >= 11 is 0. The molecule has 18 heavy (non-hydrogen) atoms. The highest BCUT2D eigenvalue weighted by molar-refractivity contribution is 5.81. The number of rotatable bonds is 3. The SMILES string of the molecule is COc1ccc2c(ccn2C2CC[C@@H]2N(C)C)c1. The number of benzene rings is 1. The topological polar surface area (TPSA) is 17.4 Å². The maximum Gasteiger partial charge on any atom is 0.119 e. The number of fused-ring (bicyclic) bond motifs is 1. The fourth-order valence-electron chi connectivity index (χ4n) is 2.95. The largest absolute Gasteiger partial charge is 0.497 e. The van der Waals surface area contributed by atoms with Gasteiger partial charge in [-0.3, -0.25) is 0 Å². The monoisotopic (exact) mass is 244 g/mol. The second kappa shape index (κ2) is 4.32. The molecule has 1 aliphatic carbocycles. The van der Waals surface area contributed by atoms with Crippen molar-refractivity contribution in [3.63, 3.8) is 0 Å². The zero-order chi connectivity index (χ0) is 12.7. The summed E-state index contributed by atoms with van der Waals surface area (Å²) in [5.74, 6) is 0.929. The predicted octanol–water partition coefficient (Wildman–Crippen LogP) is 2.92. The third-order valence-corrected chi connectivity index (χ3v) is 4.15. The first kappa shape index (κ1) is 11.6. The summed E-state index contributed by atoms with van der Waals surface area (Å²) in [4.78, 5) is 2.34. The highest BCUT2D eigenvalue weighted by atomic mass is 16.5. The molecule has 1 aromatic heterocycles. The predicted molar refractivity (Wildman–Crippen MR) is 74.2 cm³/mol. The van der Waals surface area contributed by atoms with Gasteiger partial charge in [-0.25, -0.2) is 0 Å². The highest BCUT2D eigenvalue weighted by Crippen LogP contribution is 2.38. The van der Waals surface area contributed by atoms with E-state index < -0.39 is 0 Å². The first-order valence-corrected chi connectivity index (χ1v) is 6.51. The second-order valence-corrected chi connectivity index (χ2v) is 5.32. The third-order valence-electron chi connectivity index (χ3n) is 4.15. The maximum atomic E-state index is 5.27. The lowest BCUT2D eigenvalue weighted by molar-refractivity contribution is 0.116. The lowest BCUT2D eigenvalue weighted by atomic mass is 9.85. The van der Waals surface area contributed by atoms with E-state index in [4.69, 9.17) is 4.74 Å². The van der Waals surface area contributed by atoms with Gasteiger partial charge in [0.05, 0.1) is 7.11 Å². The number of hydrogen-bond donors (Lipinski definition) is 0. The van der Waals surface area contributed by atoms with Gasteiger partial charge in [0.25, 0.3) is 0 Å². The quantitative estimate of drug-likeness (QED) is 0.826. The molecule has 0 radical (unpaired) electrons.